The van der Waals surface area contributed by atoms with E-state index in [4.69, 9.17) is 0 Å². The summed E-state index contributed by atoms with van der Waals surface area (Å²) in [5.41, 5.74) is 0. The summed E-state index contributed by atoms with van der Waals surface area (Å²) < 4.78 is 0. The van der Waals surface area contributed by atoms with Crippen LogP contribution in [0.15, 0.2) is 0 Å². The molecule has 0 aliphatic heterocycles. The van der Waals surface area contributed by atoms with Crippen molar-refractivity contribution >= 4 is 11.8 Å². The van der Waals surface area contributed by atoms with Gasteiger partial charge in [-0.1, -0.05) is 34.6 Å². The van der Waals surface area contributed by atoms with Gasteiger partial charge in [0.05, 0.1) is 6.04 Å². The number of carbonyl (C=O) groups is 2. The summed E-state index contributed by atoms with van der Waals surface area (Å²) in [6, 6.07) is -0.717. The van der Waals surface area contributed by atoms with E-state index in [0.29, 0.717) is 6.42 Å². The molecule has 0 aliphatic carbocycles. The number of hydrogen-bond acceptors (Lipinski definition) is 3. The van der Waals surface area contributed by atoms with E-state index in [2.05, 4.69) is 16.0 Å². The van der Waals surface area contributed by atoms with Crippen LogP contribution in [-0.2, 0) is 9.59 Å². The second kappa shape index (κ2) is 11.0. The van der Waals surface area contributed by atoms with Gasteiger partial charge in [0.25, 0.3) is 0 Å². The van der Waals surface area contributed by atoms with Crippen LogP contribution >= 0.6 is 0 Å². The molecule has 0 rings (SSSR count). The van der Waals surface area contributed by atoms with Gasteiger partial charge in [-0.2, -0.15) is 0 Å². The second-order valence-electron chi connectivity index (χ2n) is 4.09. The fourth-order valence-electron chi connectivity index (χ4n) is 1.46. The van der Waals surface area contributed by atoms with E-state index in [0.717, 1.165) is 0 Å². The molecule has 0 radical (unpaired) electrons. The minimum atomic E-state index is -0.472. The maximum absolute atomic E-state index is 11.8. The third-order valence-corrected chi connectivity index (χ3v) is 2.57. The zero-order valence-electron chi connectivity index (χ0n) is 12.8. The van der Waals surface area contributed by atoms with E-state index in [9.17, 15) is 9.59 Å². The van der Waals surface area contributed by atoms with E-state index in [1.54, 1.807) is 14.1 Å². The molecule has 5 nitrogen and oxygen atoms in total. The summed E-state index contributed by atoms with van der Waals surface area (Å²) in [4.78, 5) is 23.3. The lowest BCUT2D eigenvalue weighted by Crippen LogP contribution is -2.53. The van der Waals surface area contributed by atoms with Crippen molar-refractivity contribution in [3.63, 3.8) is 0 Å². The predicted octanol–water partition coefficient (Wildman–Crippen LogP) is 1.14. The molecule has 0 saturated carbocycles. The lowest BCUT2D eigenvalue weighted by Gasteiger charge is -2.23. The molecule has 0 fully saturated rings. The second-order valence-corrected chi connectivity index (χ2v) is 4.09. The Morgan fingerprint density at radius 2 is 1.61 bits per heavy atom. The van der Waals surface area contributed by atoms with Gasteiger partial charge in [-0.05, 0) is 19.4 Å². The summed E-state index contributed by atoms with van der Waals surface area (Å²) in [5.74, 6) is -0.222. The normalized spacial score (nSPS) is 13.1. The number of hydrogen-bond donors (Lipinski definition) is 3. The quantitative estimate of drug-likeness (QED) is 0.671. The average molecular weight is 261 g/mol. The summed E-state index contributed by atoms with van der Waals surface area (Å²) >= 11 is 0. The molecule has 0 aromatic carbocycles. The Bertz CT molecular complexity index is 244. The minimum absolute atomic E-state index is 0. The molecule has 0 unspecified atom stereocenters. The van der Waals surface area contributed by atoms with Gasteiger partial charge < -0.3 is 16.0 Å². The van der Waals surface area contributed by atoms with Gasteiger partial charge >= 0.3 is 0 Å². The van der Waals surface area contributed by atoms with Gasteiger partial charge in [-0.15, -0.1) is 0 Å². The van der Waals surface area contributed by atoms with Crippen molar-refractivity contribution < 1.29 is 11.0 Å². The zero-order valence-corrected chi connectivity index (χ0v) is 12.8. The van der Waals surface area contributed by atoms with Crippen molar-refractivity contribution in [3.8, 4) is 0 Å². The van der Waals surface area contributed by atoms with Crippen LogP contribution in [0.25, 0.3) is 0 Å². The van der Waals surface area contributed by atoms with E-state index < -0.39 is 6.04 Å². The third-order valence-electron chi connectivity index (χ3n) is 2.57. The number of likely N-dealkylation sites (N-methyl/N-ethyl adjacent to an activating group) is 2. The van der Waals surface area contributed by atoms with E-state index in [1.165, 1.54) is 0 Å². The van der Waals surface area contributed by atoms with Crippen LogP contribution in [0.1, 0.15) is 42.5 Å². The molecule has 18 heavy (non-hydrogen) atoms. The average Bonchev–Trinajstić information content (AvgIpc) is 2.38. The van der Waals surface area contributed by atoms with Crippen LogP contribution in [0.2, 0.25) is 0 Å². The van der Waals surface area contributed by atoms with Crippen molar-refractivity contribution in [1.29, 1.82) is 0 Å². The number of nitrogens with one attached hydrogen (secondary N) is 3. The standard InChI is InChI=1S/C11H23N3O2.C2H6.H2/c1-6-8(12-4)10(15)14-9(7(2)3)11(16)13-5;1-2;/h7-9,12H,6H2,1-5H3,(H,13,16)(H,14,15);1-2H3;1H/t8-,9-;;/m0../s1. The molecule has 0 aromatic rings. The molecule has 2 atom stereocenters. The van der Waals surface area contributed by atoms with Gasteiger partial charge in [-0.25, -0.2) is 0 Å². The van der Waals surface area contributed by atoms with Crippen molar-refractivity contribution in [1.82, 2.24) is 16.0 Å². The van der Waals surface area contributed by atoms with Crippen LogP contribution in [0, 0.1) is 5.92 Å². The first-order chi connectivity index (χ1) is 8.47. The molecule has 0 saturated heterocycles. The summed E-state index contributed by atoms with van der Waals surface area (Å²) in [7, 11) is 3.30. The Balaban J connectivity index is -0.000000809. The molecular weight excluding hydrogens is 230 g/mol. The first-order valence-corrected chi connectivity index (χ1v) is 6.67. The van der Waals surface area contributed by atoms with Crippen molar-refractivity contribution in [2.45, 2.75) is 53.1 Å². The zero-order chi connectivity index (χ0) is 14.7. The summed E-state index contributed by atoms with van der Waals surface area (Å²) in [6.07, 6.45) is 0.695. The summed E-state index contributed by atoms with van der Waals surface area (Å²) in [6.45, 7) is 9.73. The Morgan fingerprint density at radius 1 is 1.11 bits per heavy atom. The van der Waals surface area contributed by atoms with Gasteiger partial charge in [0.1, 0.15) is 6.04 Å². The molecule has 5 heteroatoms. The number of amides is 2. The smallest absolute Gasteiger partial charge is 0.242 e. The SMILES string of the molecule is CC.CC[C@H](NC)C(=O)N[C@H](C(=O)NC)C(C)C.[HH]. The first-order valence-electron chi connectivity index (χ1n) is 6.67. The molecule has 0 spiro atoms. The van der Waals surface area contributed by atoms with Gasteiger partial charge in [0.15, 0.2) is 0 Å². The summed E-state index contributed by atoms with van der Waals surface area (Å²) in [5, 5.41) is 8.22. The van der Waals surface area contributed by atoms with Crippen LogP contribution in [-0.4, -0.2) is 38.0 Å². The number of rotatable bonds is 6. The highest BCUT2D eigenvalue weighted by molar-refractivity contribution is 5.89. The van der Waals surface area contributed by atoms with Crippen LogP contribution in [0.4, 0.5) is 0 Å². The molecule has 110 valence electrons. The molecule has 0 bridgehead atoms. The Hall–Kier alpha value is -1.10. The lowest BCUT2D eigenvalue weighted by molar-refractivity contribution is -0.130. The van der Waals surface area contributed by atoms with Crippen molar-refractivity contribution in [2.24, 2.45) is 5.92 Å². The van der Waals surface area contributed by atoms with Crippen molar-refractivity contribution in [3.05, 3.63) is 0 Å². The van der Waals surface area contributed by atoms with Gasteiger partial charge in [-0.3, -0.25) is 9.59 Å². The predicted molar refractivity (Wildman–Crippen MR) is 77.4 cm³/mol. The highest BCUT2D eigenvalue weighted by atomic mass is 16.2. The maximum atomic E-state index is 11.8. The van der Waals surface area contributed by atoms with Crippen molar-refractivity contribution in [2.75, 3.05) is 14.1 Å². The first kappa shape index (κ1) is 19.2. The molecular formula is C13H31N3O2. The highest BCUT2D eigenvalue weighted by Gasteiger charge is 2.25. The topological polar surface area (TPSA) is 70.2 Å². The largest absolute Gasteiger partial charge is 0.357 e. The fourth-order valence-corrected chi connectivity index (χ4v) is 1.46. The lowest BCUT2D eigenvalue weighted by atomic mass is 10.0. The molecule has 0 heterocycles. The molecule has 2 amide bonds. The Morgan fingerprint density at radius 3 is 1.89 bits per heavy atom. The van der Waals surface area contributed by atoms with Crippen LogP contribution < -0.4 is 16.0 Å². The van der Waals surface area contributed by atoms with Gasteiger partial charge in [0, 0.05) is 8.47 Å². The fraction of sp³-hybridized carbons (Fsp3) is 0.846. The number of carbonyl (C=O) groups excluding carboxylic acids is 2. The van der Waals surface area contributed by atoms with E-state index in [1.807, 2.05) is 34.6 Å². The van der Waals surface area contributed by atoms with E-state index in [-0.39, 0.29) is 25.2 Å². The Kier molecular flexibility index (Phi) is 11.8. The monoisotopic (exact) mass is 261 g/mol. The molecule has 0 aromatic heterocycles. The molecule has 3 N–H and O–H groups in total. The maximum Gasteiger partial charge on any atom is 0.242 e. The van der Waals surface area contributed by atoms with Gasteiger partial charge in [0.2, 0.25) is 11.8 Å². The Labute approximate surface area is 113 Å². The van der Waals surface area contributed by atoms with Crippen LogP contribution in [0.5, 0.6) is 0 Å². The highest BCUT2D eigenvalue weighted by Crippen LogP contribution is 2.02. The van der Waals surface area contributed by atoms with Crippen LogP contribution in [0.3, 0.4) is 0 Å². The van der Waals surface area contributed by atoms with E-state index >= 15 is 0 Å². The minimum Gasteiger partial charge on any atom is -0.357 e. The molecule has 0 aliphatic rings. The third kappa shape index (κ3) is 6.59.